The maximum absolute atomic E-state index is 10.3. The number of hydrogen-bond donors (Lipinski definition) is 4. The molecule has 0 spiro atoms. The van der Waals surface area contributed by atoms with Gasteiger partial charge in [-0.1, -0.05) is 19.4 Å². The molecule has 3 fully saturated rings. The molecule has 0 aliphatic heterocycles. The molecule has 2 radical (unpaired) electrons. The van der Waals surface area contributed by atoms with E-state index in [1.54, 1.807) is 12.5 Å². The Morgan fingerprint density at radius 3 is 2.47 bits per heavy atom. The van der Waals surface area contributed by atoms with E-state index in [-0.39, 0.29) is 12.7 Å². The van der Waals surface area contributed by atoms with Crippen LogP contribution in [0.25, 0.3) is 0 Å². The molecule has 4 aliphatic carbocycles. The molecule has 3 saturated carbocycles. The second kappa shape index (κ2) is 9.17. The molecule has 0 aromatic heterocycles. The Morgan fingerprint density at radius 2 is 1.84 bits per heavy atom. The number of nitrogens with zero attached hydrogens (tertiary/aromatic N) is 1. The van der Waals surface area contributed by atoms with Crippen LogP contribution in [0, 0.1) is 34.0 Å². The van der Waals surface area contributed by atoms with Crippen molar-refractivity contribution in [3.63, 3.8) is 0 Å². The Balaban J connectivity index is 0.000000226. The van der Waals surface area contributed by atoms with Gasteiger partial charge in [-0.25, -0.2) is 0 Å². The van der Waals surface area contributed by atoms with E-state index in [0.29, 0.717) is 34.2 Å². The van der Waals surface area contributed by atoms with E-state index < -0.39 is 5.62 Å². The number of aliphatic hydroxyl groups excluding tert-OH is 2. The standard InChI is InChI=1S/C19H29NO.C7H17BNO2/c1-18-10-8-13(20)11-12(18)7-9-19(2)15-4-5-16(21)14(15)3-6-17(18)19;1-7(8,11)9(2,3)5-4-6-10/h11,14-17,20-21H,3-10H2,1-2H3;10-11H,4-6H2,1-3H3/q;+1. The molecule has 4 rings (SSSR count). The van der Waals surface area contributed by atoms with Crippen LogP contribution in [0.5, 0.6) is 0 Å². The van der Waals surface area contributed by atoms with Crippen LogP contribution in [-0.2, 0) is 0 Å². The molecule has 5 nitrogen and oxygen atoms in total. The number of rotatable bonds is 4. The van der Waals surface area contributed by atoms with E-state index >= 15 is 0 Å². The summed E-state index contributed by atoms with van der Waals surface area (Å²) in [5, 5.41) is 36.3. The average molecular weight is 445 g/mol. The Labute approximate surface area is 196 Å². The SMILES string of the molecule is CC12CCC(=N)C=C1CCC1(C)C3CCC(O)C3CCC21.[B]C(C)(O)[N+](C)(C)CCCO. The average Bonchev–Trinajstić information content (AvgIpc) is 3.09. The minimum absolute atomic E-state index is 0.0305. The van der Waals surface area contributed by atoms with E-state index in [1.165, 1.54) is 38.5 Å². The van der Waals surface area contributed by atoms with Gasteiger partial charge < -0.3 is 25.2 Å². The molecule has 0 aromatic carbocycles. The van der Waals surface area contributed by atoms with Crippen LogP contribution in [-0.4, -0.2) is 72.3 Å². The lowest BCUT2D eigenvalue weighted by atomic mass is 9.44. The molecule has 180 valence electrons. The third kappa shape index (κ3) is 4.62. The van der Waals surface area contributed by atoms with Crippen molar-refractivity contribution in [3.8, 4) is 0 Å². The fourth-order valence-corrected chi connectivity index (χ4v) is 7.47. The van der Waals surface area contributed by atoms with Gasteiger partial charge in [-0.3, -0.25) is 0 Å². The number of allylic oxidation sites excluding steroid dienone is 2. The van der Waals surface area contributed by atoms with Crippen molar-refractivity contribution >= 4 is 13.6 Å². The number of quaternary nitrogens is 1. The molecule has 0 bridgehead atoms. The second-order valence-corrected chi connectivity index (χ2v) is 12.2. The lowest BCUT2D eigenvalue weighted by Crippen LogP contribution is -2.58. The lowest BCUT2D eigenvalue weighted by molar-refractivity contribution is -0.948. The van der Waals surface area contributed by atoms with Gasteiger partial charge in [0.15, 0.2) is 0 Å². The molecule has 32 heavy (non-hydrogen) atoms. The summed E-state index contributed by atoms with van der Waals surface area (Å²) in [6.45, 7) is 7.38. The predicted molar refractivity (Wildman–Crippen MR) is 130 cm³/mol. The van der Waals surface area contributed by atoms with Crippen LogP contribution in [0.1, 0.15) is 78.6 Å². The molecule has 4 N–H and O–H groups in total. The smallest absolute Gasteiger partial charge is 0.202 e. The van der Waals surface area contributed by atoms with Crippen LogP contribution in [0.15, 0.2) is 11.6 Å². The molecule has 0 amide bonds. The zero-order valence-corrected chi connectivity index (χ0v) is 21.0. The van der Waals surface area contributed by atoms with Crippen molar-refractivity contribution in [3.05, 3.63) is 11.6 Å². The third-order valence-electron chi connectivity index (χ3n) is 10.0. The molecule has 0 aromatic rings. The highest BCUT2D eigenvalue weighted by Crippen LogP contribution is 2.67. The zero-order valence-electron chi connectivity index (χ0n) is 21.0. The summed E-state index contributed by atoms with van der Waals surface area (Å²) in [6.07, 6.45) is 12.2. The van der Waals surface area contributed by atoms with Gasteiger partial charge in [0.2, 0.25) is 7.85 Å². The van der Waals surface area contributed by atoms with Gasteiger partial charge in [0.05, 0.1) is 26.7 Å². The maximum Gasteiger partial charge on any atom is 0.202 e. The van der Waals surface area contributed by atoms with Gasteiger partial charge in [0.25, 0.3) is 0 Å². The van der Waals surface area contributed by atoms with Crippen LogP contribution in [0.2, 0.25) is 0 Å². The summed E-state index contributed by atoms with van der Waals surface area (Å²) in [7, 11) is 9.16. The van der Waals surface area contributed by atoms with Gasteiger partial charge in [0.1, 0.15) is 5.62 Å². The quantitative estimate of drug-likeness (QED) is 0.303. The van der Waals surface area contributed by atoms with Gasteiger partial charge in [-0.15, -0.1) is 0 Å². The largest absolute Gasteiger partial charge is 0.396 e. The van der Waals surface area contributed by atoms with Crippen molar-refractivity contribution in [2.75, 3.05) is 27.2 Å². The molecular formula is C26H46BN2O3+. The molecular weight excluding hydrogens is 399 g/mol. The van der Waals surface area contributed by atoms with Gasteiger partial charge in [-0.2, -0.15) is 0 Å². The van der Waals surface area contributed by atoms with E-state index in [4.69, 9.17) is 18.4 Å². The molecule has 6 heteroatoms. The second-order valence-electron chi connectivity index (χ2n) is 12.2. The zero-order chi connectivity index (χ0) is 23.9. The summed E-state index contributed by atoms with van der Waals surface area (Å²) in [5.41, 5.74) is 1.94. The molecule has 4 aliphatic rings. The van der Waals surface area contributed by atoms with Crippen LogP contribution < -0.4 is 0 Å². The van der Waals surface area contributed by atoms with Crippen molar-refractivity contribution in [2.24, 2.45) is 28.6 Å². The molecule has 7 unspecified atom stereocenters. The first-order chi connectivity index (χ1) is 14.8. The first-order valence-electron chi connectivity index (χ1n) is 12.7. The minimum Gasteiger partial charge on any atom is -0.396 e. The van der Waals surface area contributed by atoms with Gasteiger partial charge in [0, 0.05) is 25.7 Å². The number of fused-ring (bicyclic) bond motifs is 5. The topological polar surface area (TPSA) is 84.5 Å². The highest BCUT2D eigenvalue weighted by Gasteiger charge is 2.59. The van der Waals surface area contributed by atoms with Crippen LogP contribution in [0.3, 0.4) is 0 Å². The molecule has 0 saturated heterocycles. The normalized spacial score (nSPS) is 40.8. The number of nitrogens with one attached hydrogen (secondary N) is 1. The van der Waals surface area contributed by atoms with Crippen LogP contribution in [0.4, 0.5) is 0 Å². The maximum atomic E-state index is 10.3. The number of hydrogen-bond acceptors (Lipinski definition) is 4. The third-order valence-corrected chi connectivity index (χ3v) is 10.0. The van der Waals surface area contributed by atoms with Crippen molar-refractivity contribution < 1.29 is 19.8 Å². The predicted octanol–water partition coefficient (Wildman–Crippen LogP) is 3.61. The minimum atomic E-state index is -1.23. The highest BCUT2D eigenvalue weighted by molar-refractivity contribution is 6.12. The van der Waals surface area contributed by atoms with Crippen molar-refractivity contribution in [1.82, 2.24) is 0 Å². The monoisotopic (exact) mass is 445 g/mol. The fourth-order valence-electron chi connectivity index (χ4n) is 7.47. The summed E-state index contributed by atoms with van der Waals surface area (Å²) < 4.78 is 0.299. The van der Waals surface area contributed by atoms with Gasteiger partial charge >= 0.3 is 0 Å². The van der Waals surface area contributed by atoms with E-state index in [9.17, 15) is 10.2 Å². The fraction of sp³-hybridized carbons (Fsp3) is 0.885. The Bertz CT molecular complexity index is 731. The molecule has 0 heterocycles. The summed E-state index contributed by atoms with van der Waals surface area (Å²) in [5.74, 6) is 2.08. The number of aliphatic hydroxyl groups is 3. The van der Waals surface area contributed by atoms with E-state index in [2.05, 4.69) is 19.9 Å². The van der Waals surface area contributed by atoms with Crippen LogP contribution >= 0.6 is 0 Å². The van der Waals surface area contributed by atoms with E-state index in [1.807, 2.05) is 14.1 Å². The summed E-state index contributed by atoms with van der Waals surface area (Å²) in [6, 6.07) is 0. The first kappa shape index (κ1) is 25.9. The lowest BCUT2D eigenvalue weighted by Gasteiger charge is -2.61. The van der Waals surface area contributed by atoms with Crippen molar-refractivity contribution in [1.29, 1.82) is 5.41 Å². The highest BCUT2D eigenvalue weighted by atomic mass is 16.3. The Hall–Kier alpha value is -0.685. The molecule has 7 atom stereocenters. The Kier molecular flexibility index (Phi) is 7.43. The first-order valence-corrected chi connectivity index (χ1v) is 12.7. The van der Waals surface area contributed by atoms with E-state index in [0.717, 1.165) is 30.4 Å². The Morgan fingerprint density at radius 1 is 1.16 bits per heavy atom. The summed E-state index contributed by atoms with van der Waals surface area (Å²) >= 11 is 0. The van der Waals surface area contributed by atoms with Crippen molar-refractivity contribution in [2.45, 2.75) is 90.3 Å². The summed E-state index contributed by atoms with van der Waals surface area (Å²) in [4.78, 5) is 0. The van der Waals surface area contributed by atoms with Gasteiger partial charge in [-0.05, 0) is 86.0 Å².